The second-order valence-corrected chi connectivity index (χ2v) is 7.45. The Labute approximate surface area is 163 Å². The van der Waals surface area contributed by atoms with Crippen LogP contribution in [0.5, 0.6) is 5.75 Å². The van der Waals surface area contributed by atoms with Crippen molar-refractivity contribution in [3.05, 3.63) is 54.2 Å². The maximum atomic E-state index is 12.5. The number of para-hydroxylation sites is 1. The van der Waals surface area contributed by atoms with Crippen molar-refractivity contribution in [2.75, 3.05) is 23.4 Å². The number of anilines is 2. The number of carbonyl (C=O) groups excluding carboxylic acids is 2. The molecule has 144 valence electrons. The fraction of sp³-hybridized carbons (Fsp3) is 0.273. The van der Waals surface area contributed by atoms with Crippen LogP contribution in [0.1, 0.15) is 19.4 Å². The largest absolute Gasteiger partial charge is 0.481 e. The van der Waals surface area contributed by atoms with E-state index >= 15 is 0 Å². The van der Waals surface area contributed by atoms with Gasteiger partial charge in [-0.15, -0.1) is 0 Å². The highest BCUT2D eigenvalue weighted by atomic mass is 16.5. The minimum Gasteiger partial charge on any atom is -0.481 e. The number of nitrogens with zero attached hydrogens (tertiary/aromatic N) is 1. The Morgan fingerprint density at radius 2 is 2.07 bits per heavy atom. The lowest BCUT2D eigenvalue weighted by atomic mass is 10.1. The minimum absolute atomic E-state index is 0.0203. The monoisotopic (exact) mass is 377 g/mol. The van der Waals surface area contributed by atoms with E-state index in [4.69, 9.17) is 4.74 Å². The van der Waals surface area contributed by atoms with Crippen LogP contribution in [0, 0.1) is 5.92 Å². The highest BCUT2D eigenvalue weighted by molar-refractivity contribution is 5.99. The molecule has 2 aromatic carbocycles. The molecule has 2 amide bonds. The smallest absolute Gasteiger partial charge is 0.265 e. The molecule has 0 fully saturated rings. The quantitative estimate of drug-likeness (QED) is 0.711. The lowest BCUT2D eigenvalue weighted by Crippen LogP contribution is -2.40. The van der Waals surface area contributed by atoms with Crippen molar-refractivity contribution in [2.24, 2.45) is 5.92 Å². The Hall–Kier alpha value is -3.28. The van der Waals surface area contributed by atoms with Crippen LogP contribution in [0.3, 0.4) is 0 Å². The van der Waals surface area contributed by atoms with Gasteiger partial charge >= 0.3 is 0 Å². The van der Waals surface area contributed by atoms with E-state index in [1.54, 1.807) is 17.0 Å². The molecule has 0 saturated heterocycles. The van der Waals surface area contributed by atoms with Gasteiger partial charge in [0.1, 0.15) is 5.75 Å². The molecule has 1 aromatic heterocycles. The fourth-order valence-corrected chi connectivity index (χ4v) is 3.50. The van der Waals surface area contributed by atoms with Crippen molar-refractivity contribution >= 4 is 34.1 Å². The van der Waals surface area contributed by atoms with Crippen LogP contribution in [-0.4, -0.2) is 29.9 Å². The highest BCUT2D eigenvalue weighted by Gasteiger charge is 2.26. The molecule has 0 aliphatic carbocycles. The molecule has 1 aliphatic rings. The SMILES string of the molecule is CC(C)CN1C(=O)COc2cc(NC(=O)Cc3c[nH]c4ccccc34)ccc21. The van der Waals surface area contributed by atoms with Crippen LogP contribution in [-0.2, 0) is 16.0 Å². The third-order valence-electron chi connectivity index (χ3n) is 4.76. The van der Waals surface area contributed by atoms with E-state index in [1.807, 2.05) is 36.5 Å². The molecule has 6 heteroatoms. The summed E-state index contributed by atoms with van der Waals surface area (Å²) < 4.78 is 5.59. The minimum atomic E-state index is -0.101. The summed E-state index contributed by atoms with van der Waals surface area (Å²) in [7, 11) is 0. The molecule has 0 unspecified atom stereocenters. The van der Waals surface area contributed by atoms with Crippen molar-refractivity contribution in [3.8, 4) is 5.75 Å². The van der Waals surface area contributed by atoms with Crippen molar-refractivity contribution in [1.82, 2.24) is 4.98 Å². The number of carbonyl (C=O) groups is 2. The van der Waals surface area contributed by atoms with Crippen LogP contribution in [0.25, 0.3) is 10.9 Å². The van der Waals surface area contributed by atoms with Gasteiger partial charge in [0.05, 0.1) is 12.1 Å². The number of aromatic nitrogens is 1. The second kappa shape index (κ2) is 7.38. The zero-order valence-electron chi connectivity index (χ0n) is 16.0. The molecule has 2 heterocycles. The van der Waals surface area contributed by atoms with Gasteiger partial charge in [-0.25, -0.2) is 0 Å². The molecule has 3 aromatic rings. The molecule has 0 bridgehead atoms. The molecule has 1 aliphatic heterocycles. The van der Waals surface area contributed by atoms with Gasteiger partial charge in [-0.05, 0) is 29.7 Å². The van der Waals surface area contributed by atoms with Gasteiger partial charge in [0.2, 0.25) is 5.91 Å². The Morgan fingerprint density at radius 1 is 1.25 bits per heavy atom. The van der Waals surface area contributed by atoms with Crippen molar-refractivity contribution in [2.45, 2.75) is 20.3 Å². The molecular formula is C22H23N3O3. The van der Waals surface area contributed by atoms with Gasteiger partial charge < -0.3 is 19.9 Å². The summed E-state index contributed by atoms with van der Waals surface area (Å²) in [5.74, 6) is 0.823. The molecule has 4 rings (SSSR count). The zero-order chi connectivity index (χ0) is 19.7. The van der Waals surface area contributed by atoms with Gasteiger partial charge in [0.25, 0.3) is 5.91 Å². The molecule has 0 atom stereocenters. The summed E-state index contributed by atoms with van der Waals surface area (Å²) in [6, 6.07) is 13.3. The van der Waals surface area contributed by atoms with E-state index in [2.05, 4.69) is 24.1 Å². The topological polar surface area (TPSA) is 74.4 Å². The van der Waals surface area contributed by atoms with E-state index in [0.29, 0.717) is 23.9 Å². The lowest BCUT2D eigenvalue weighted by Gasteiger charge is -2.31. The summed E-state index contributed by atoms with van der Waals surface area (Å²) in [6.45, 7) is 4.80. The number of rotatable bonds is 5. The van der Waals surface area contributed by atoms with E-state index in [9.17, 15) is 9.59 Å². The number of amides is 2. The third kappa shape index (κ3) is 3.58. The summed E-state index contributed by atoms with van der Waals surface area (Å²) >= 11 is 0. The van der Waals surface area contributed by atoms with E-state index in [0.717, 1.165) is 22.2 Å². The van der Waals surface area contributed by atoms with Gasteiger partial charge in [0, 0.05) is 35.4 Å². The van der Waals surface area contributed by atoms with Gasteiger partial charge in [-0.3, -0.25) is 9.59 Å². The first-order valence-electron chi connectivity index (χ1n) is 9.43. The number of benzene rings is 2. The summed E-state index contributed by atoms with van der Waals surface area (Å²) in [4.78, 5) is 29.6. The number of H-pyrrole nitrogens is 1. The predicted molar refractivity (Wildman–Crippen MR) is 110 cm³/mol. The first kappa shape index (κ1) is 18.1. The normalized spacial score (nSPS) is 13.5. The van der Waals surface area contributed by atoms with Crippen molar-refractivity contribution in [1.29, 1.82) is 0 Å². The summed E-state index contributed by atoms with van der Waals surface area (Å²) in [6.07, 6.45) is 2.15. The Kier molecular flexibility index (Phi) is 4.77. The van der Waals surface area contributed by atoms with Gasteiger partial charge in [0.15, 0.2) is 6.61 Å². The summed E-state index contributed by atoms with van der Waals surface area (Å²) in [5, 5.41) is 3.98. The maximum absolute atomic E-state index is 12.5. The standard InChI is InChI=1S/C22H23N3O3/c1-14(2)12-25-19-8-7-16(10-20(19)28-13-22(25)27)24-21(26)9-15-11-23-18-6-4-3-5-17(15)18/h3-8,10-11,14,23H,9,12-13H2,1-2H3,(H,24,26). The van der Waals surface area contributed by atoms with Crippen LogP contribution >= 0.6 is 0 Å². The molecule has 6 nitrogen and oxygen atoms in total. The molecule has 2 N–H and O–H groups in total. The number of hydrogen-bond acceptors (Lipinski definition) is 3. The number of hydrogen-bond donors (Lipinski definition) is 2. The number of aromatic amines is 1. The summed E-state index contributed by atoms with van der Waals surface area (Å²) in [5.41, 5.74) is 3.38. The van der Waals surface area contributed by atoms with Crippen molar-refractivity contribution in [3.63, 3.8) is 0 Å². The third-order valence-corrected chi connectivity index (χ3v) is 4.76. The van der Waals surface area contributed by atoms with Gasteiger partial charge in [-0.1, -0.05) is 32.0 Å². The number of nitrogens with one attached hydrogen (secondary N) is 2. The van der Waals surface area contributed by atoms with Crippen molar-refractivity contribution < 1.29 is 14.3 Å². The zero-order valence-corrected chi connectivity index (χ0v) is 16.0. The molecule has 28 heavy (non-hydrogen) atoms. The first-order valence-corrected chi connectivity index (χ1v) is 9.43. The van der Waals surface area contributed by atoms with Crippen LogP contribution in [0.4, 0.5) is 11.4 Å². The number of fused-ring (bicyclic) bond motifs is 2. The molecule has 0 spiro atoms. The molecule has 0 radical (unpaired) electrons. The maximum Gasteiger partial charge on any atom is 0.265 e. The second-order valence-electron chi connectivity index (χ2n) is 7.45. The van der Waals surface area contributed by atoms with Crippen LogP contribution in [0.15, 0.2) is 48.7 Å². The first-order chi connectivity index (χ1) is 13.5. The number of ether oxygens (including phenoxy) is 1. The van der Waals surface area contributed by atoms with E-state index in [1.165, 1.54) is 0 Å². The van der Waals surface area contributed by atoms with Gasteiger partial charge in [-0.2, -0.15) is 0 Å². The fourth-order valence-electron chi connectivity index (χ4n) is 3.50. The predicted octanol–water partition coefficient (Wildman–Crippen LogP) is 3.73. The Bertz CT molecular complexity index is 1040. The van der Waals surface area contributed by atoms with E-state index < -0.39 is 0 Å². The molecule has 0 saturated carbocycles. The Balaban J connectivity index is 1.49. The highest BCUT2D eigenvalue weighted by Crippen LogP contribution is 2.35. The van der Waals surface area contributed by atoms with E-state index in [-0.39, 0.29) is 24.8 Å². The lowest BCUT2D eigenvalue weighted by molar-refractivity contribution is -0.121. The average Bonchev–Trinajstić information content (AvgIpc) is 3.07. The molecular weight excluding hydrogens is 354 g/mol. The van der Waals surface area contributed by atoms with Crippen LogP contribution in [0.2, 0.25) is 0 Å². The van der Waals surface area contributed by atoms with Crippen LogP contribution < -0.4 is 15.0 Å². The average molecular weight is 377 g/mol. The Morgan fingerprint density at radius 3 is 2.89 bits per heavy atom.